The summed E-state index contributed by atoms with van der Waals surface area (Å²) in [6, 6.07) is 7.41. The molecule has 0 aliphatic rings. The molecule has 1 aromatic heterocycles. The monoisotopic (exact) mass is 333 g/mol. The van der Waals surface area contributed by atoms with Crippen LogP contribution in [0.25, 0.3) is 0 Å². The van der Waals surface area contributed by atoms with Crippen LogP contribution in [0.2, 0.25) is 4.34 Å². The first-order valence-corrected chi connectivity index (χ1v) is 7.68. The highest BCUT2D eigenvalue weighted by molar-refractivity contribution is 7.16. The third-order valence-corrected chi connectivity index (χ3v) is 4.49. The summed E-state index contributed by atoms with van der Waals surface area (Å²) in [5, 5.41) is 3.30. The number of nitrogens with one attached hydrogen (secondary N) is 1. The minimum absolute atomic E-state index is 0.144. The maximum Gasteiger partial charge on any atom is 0.416 e. The Hall–Kier alpha value is -1.04. The number of rotatable bonds is 4. The molecule has 1 heterocycles. The van der Waals surface area contributed by atoms with Crippen molar-refractivity contribution in [1.29, 1.82) is 0 Å². The molecule has 1 nitrogen and oxygen atoms in total. The smallest absolute Gasteiger partial charge is 0.306 e. The molecule has 1 atom stereocenters. The van der Waals surface area contributed by atoms with Crippen molar-refractivity contribution in [3.8, 4) is 0 Å². The molecule has 0 bridgehead atoms. The average Bonchev–Trinajstić information content (AvgIpc) is 2.82. The highest BCUT2D eigenvalue weighted by Gasteiger charge is 2.31. The van der Waals surface area contributed by atoms with Crippen LogP contribution in [0.15, 0.2) is 30.3 Å². The highest BCUT2D eigenvalue weighted by atomic mass is 35.5. The minimum Gasteiger partial charge on any atom is -0.306 e. The Bertz CT molecular complexity index is 622. The van der Waals surface area contributed by atoms with Crippen molar-refractivity contribution < 1.29 is 13.2 Å². The van der Waals surface area contributed by atoms with Crippen molar-refractivity contribution in [2.45, 2.75) is 26.1 Å². The van der Waals surface area contributed by atoms with Crippen molar-refractivity contribution >= 4 is 22.9 Å². The van der Waals surface area contributed by atoms with Gasteiger partial charge in [-0.15, -0.1) is 11.3 Å². The van der Waals surface area contributed by atoms with Crippen molar-refractivity contribution in [3.63, 3.8) is 0 Å². The molecule has 0 spiro atoms. The molecule has 6 heteroatoms. The van der Waals surface area contributed by atoms with Crippen LogP contribution in [-0.2, 0) is 6.18 Å². The lowest BCUT2D eigenvalue weighted by Gasteiger charge is -2.20. The maximum atomic E-state index is 12.7. The van der Waals surface area contributed by atoms with Crippen molar-refractivity contribution in [3.05, 3.63) is 56.2 Å². The first kappa shape index (κ1) is 16.3. The van der Waals surface area contributed by atoms with Gasteiger partial charge in [0.15, 0.2) is 0 Å². The first-order valence-electron chi connectivity index (χ1n) is 6.49. The normalized spacial score (nSPS) is 13.4. The van der Waals surface area contributed by atoms with Crippen LogP contribution >= 0.6 is 22.9 Å². The third kappa shape index (κ3) is 3.78. The van der Waals surface area contributed by atoms with Gasteiger partial charge < -0.3 is 5.32 Å². The molecule has 0 amide bonds. The van der Waals surface area contributed by atoms with E-state index in [1.165, 1.54) is 17.4 Å². The molecule has 2 rings (SSSR count). The molecule has 1 aromatic carbocycles. The molecule has 1 N–H and O–H groups in total. The Kier molecular flexibility index (Phi) is 4.96. The Morgan fingerprint density at radius 3 is 2.43 bits per heavy atom. The zero-order valence-corrected chi connectivity index (χ0v) is 13.2. The van der Waals surface area contributed by atoms with E-state index in [-0.39, 0.29) is 6.04 Å². The van der Waals surface area contributed by atoms with E-state index in [1.54, 1.807) is 19.1 Å². The van der Waals surface area contributed by atoms with Crippen molar-refractivity contribution in [2.24, 2.45) is 0 Å². The summed E-state index contributed by atoms with van der Waals surface area (Å²) in [4.78, 5) is 0.990. The third-order valence-electron chi connectivity index (χ3n) is 3.19. The summed E-state index contributed by atoms with van der Waals surface area (Å²) in [6.45, 7) is 4.37. The summed E-state index contributed by atoms with van der Waals surface area (Å²) in [7, 11) is 0. The van der Waals surface area contributed by atoms with Gasteiger partial charge in [-0.1, -0.05) is 24.6 Å². The van der Waals surface area contributed by atoms with Crippen LogP contribution in [0, 0.1) is 6.92 Å². The summed E-state index contributed by atoms with van der Waals surface area (Å²) < 4.78 is 38.9. The van der Waals surface area contributed by atoms with Gasteiger partial charge in [-0.2, -0.15) is 13.2 Å². The number of hydrogen-bond acceptors (Lipinski definition) is 2. The molecular weight excluding hydrogens is 319 g/mol. The lowest BCUT2D eigenvalue weighted by atomic mass is 9.97. The van der Waals surface area contributed by atoms with Gasteiger partial charge >= 0.3 is 6.18 Å². The maximum absolute atomic E-state index is 12.7. The second-order valence-electron chi connectivity index (χ2n) is 4.70. The molecular formula is C15H15ClF3NS. The topological polar surface area (TPSA) is 12.0 Å². The number of thiophene rings is 1. The Morgan fingerprint density at radius 2 is 1.95 bits per heavy atom. The number of benzene rings is 1. The van der Waals surface area contributed by atoms with E-state index in [2.05, 4.69) is 5.32 Å². The zero-order valence-electron chi connectivity index (χ0n) is 11.6. The number of aryl methyl sites for hydroxylation is 1. The van der Waals surface area contributed by atoms with Gasteiger partial charge in [-0.05, 0) is 48.9 Å². The lowest BCUT2D eigenvalue weighted by molar-refractivity contribution is -0.137. The largest absolute Gasteiger partial charge is 0.416 e. The molecule has 1 unspecified atom stereocenters. The average molecular weight is 334 g/mol. The molecule has 0 aliphatic heterocycles. The molecule has 0 radical (unpaired) electrons. The lowest BCUT2D eigenvalue weighted by Crippen LogP contribution is -2.22. The van der Waals surface area contributed by atoms with Crippen LogP contribution in [0.3, 0.4) is 0 Å². The molecule has 0 saturated heterocycles. The number of alkyl halides is 3. The van der Waals surface area contributed by atoms with Gasteiger partial charge in [-0.3, -0.25) is 0 Å². The Labute approximate surface area is 130 Å². The summed E-state index contributed by atoms with van der Waals surface area (Å²) in [6.07, 6.45) is -4.32. The standard InChI is InChI=1S/C15H15ClF3NS/c1-3-20-14(12-6-7-13(16)21-12)11-5-4-10(8-9(11)2)15(17,18)19/h4-8,14,20H,3H2,1-2H3. The molecule has 2 aromatic rings. The second-order valence-corrected chi connectivity index (χ2v) is 6.45. The predicted octanol–water partition coefficient (Wildman–Crippen LogP) is 5.43. The molecule has 0 fully saturated rings. The Balaban J connectivity index is 2.42. The minimum atomic E-state index is -4.32. The van der Waals surface area contributed by atoms with Gasteiger partial charge in [0.05, 0.1) is 15.9 Å². The quantitative estimate of drug-likeness (QED) is 0.787. The fourth-order valence-corrected chi connectivity index (χ4v) is 3.38. The SMILES string of the molecule is CCNC(c1ccc(Cl)s1)c1ccc(C(F)(F)F)cc1C. The van der Waals surface area contributed by atoms with Gasteiger partial charge in [0.2, 0.25) is 0 Å². The van der Waals surface area contributed by atoms with Gasteiger partial charge in [0.1, 0.15) is 0 Å². The van der Waals surface area contributed by atoms with Gasteiger partial charge in [0, 0.05) is 4.88 Å². The van der Waals surface area contributed by atoms with Crippen LogP contribution in [0.1, 0.15) is 34.5 Å². The van der Waals surface area contributed by atoms with E-state index in [0.29, 0.717) is 16.4 Å². The fraction of sp³-hybridized carbons (Fsp3) is 0.333. The second kappa shape index (κ2) is 6.38. The van der Waals surface area contributed by atoms with E-state index < -0.39 is 11.7 Å². The van der Waals surface area contributed by atoms with Crippen LogP contribution in [0.4, 0.5) is 13.2 Å². The summed E-state index contributed by atoms with van der Waals surface area (Å²) in [5.41, 5.74) is 0.826. The summed E-state index contributed by atoms with van der Waals surface area (Å²) in [5.74, 6) is 0. The molecule has 114 valence electrons. The predicted molar refractivity (Wildman–Crippen MR) is 81.0 cm³/mol. The van der Waals surface area contributed by atoms with Crippen LogP contribution < -0.4 is 5.32 Å². The molecule has 0 aliphatic carbocycles. The van der Waals surface area contributed by atoms with E-state index in [9.17, 15) is 13.2 Å². The van der Waals surface area contributed by atoms with Gasteiger partial charge in [-0.25, -0.2) is 0 Å². The molecule has 0 saturated carbocycles. The first-order chi connectivity index (χ1) is 9.82. The molecule has 21 heavy (non-hydrogen) atoms. The van der Waals surface area contributed by atoms with Crippen LogP contribution in [-0.4, -0.2) is 6.54 Å². The van der Waals surface area contributed by atoms with E-state index in [1.807, 2.05) is 13.0 Å². The fourth-order valence-electron chi connectivity index (χ4n) is 2.23. The zero-order chi connectivity index (χ0) is 15.6. The Morgan fingerprint density at radius 1 is 1.24 bits per heavy atom. The van der Waals surface area contributed by atoms with Crippen LogP contribution in [0.5, 0.6) is 0 Å². The van der Waals surface area contributed by atoms with Crippen molar-refractivity contribution in [2.75, 3.05) is 6.54 Å². The van der Waals surface area contributed by atoms with E-state index in [0.717, 1.165) is 16.5 Å². The highest BCUT2D eigenvalue weighted by Crippen LogP contribution is 2.35. The summed E-state index contributed by atoms with van der Waals surface area (Å²) >= 11 is 7.39. The van der Waals surface area contributed by atoms with E-state index in [4.69, 9.17) is 11.6 Å². The van der Waals surface area contributed by atoms with E-state index >= 15 is 0 Å². The number of halogens is 4. The van der Waals surface area contributed by atoms with Crippen molar-refractivity contribution in [1.82, 2.24) is 5.32 Å². The van der Waals surface area contributed by atoms with Gasteiger partial charge in [0.25, 0.3) is 0 Å². The number of hydrogen-bond donors (Lipinski definition) is 1.